The molecule has 0 radical (unpaired) electrons. The van der Waals surface area contributed by atoms with E-state index in [0.29, 0.717) is 17.4 Å². The van der Waals surface area contributed by atoms with E-state index >= 15 is 0 Å². The van der Waals surface area contributed by atoms with Gasteiger partial charge in [-0.25, -0.2) is 4.79 Å². The SMILES string of the molecule is C#CCCNc1ccc(C(=O)O)c(Br)c1. The molecule has 3 nitrogen and oxygen atoms in total. The Hall–Kier alpha value is -1.47. The molecule has 0 unspecified atom stereocenters. The summed E-state index contributed by atoms with van der Waals surface area (Å²) in [5.74, 6) is 1.57. The van der Waals surface area contributed by atoms with Crippen molar-refractivity contribution in [3.63, 3.8) is 0 Å². The summed E-state index contributed by atoms with van der Waals surface area (Å²) in [7, 11) is 0. The summed E-state index contributed by atoms with van der Waals surface area (Å²) in [5, 5.41) is 11.9. The number of carboxylic acids is 1. The first-order valence-corrected chi connectivity index (χ1v) is 5.14. The van der Waals surface area contributed by atoms with Crippen molar-refractivity contribution in [1.29, 1.82) is 0 Å². The fourth-order valence-corrected chi connectivity index (χ4v) is 1.63. The Kier molecular flexibility index (Phi) is 4.19. The van der Waals surface area contributed by atoms with Crippen LogP contribution in [0.3, 0.4) is 0 Å². The van der Waals surface area contributed by atoms with Gasteiger partial charge in [-0.1, -0.05) is 0 Å². The van der Waals surface area contributed by atoms with E-state index in [1.165, 1.54) is 0 Å². The Morgan fingerprint density at radius 3 is 2.87 bits per heavy atom. The van der Waals surface area contributed by atoms with Crippen LogP contribution in [0.2, 0.25) is 0 Å². The lowest BCUT2D eigenvalue weighted by atomic mass is 10.2. The van der Waals surface area contributed by atoms with Crippen LogP contribution in [-0.4, -0.2) is 17.6 Å². The Labute approximate surface area is 96.6 Å². The van der Waals surface area contributed by atoms with E-state index in [-0.39, 0.29) is 5.56 Å². The number of rotatable bonds is 4. The summed E-state index contributed by atoms with van der Waals surface area (Å²) in [6.07, 6.45) is 5.75. The third-order valence-electron chi connectivity index (χ3n) is 1.80. The molecule has 0 fully saturated rings. The molecule has 0 atom stereocenters. The highest BCUT2D eigenvalue weighted by Crippen LogP contribution is 2.21. The molecule has 0 heterocycles. The summed E-state index contributed by atoms with van der Waals surface area (Å²) in [5.41, 5.74) is 1.10. The number of nitrogens with one attached hydrogen (secondary N) is 1. The molecule has 0 saturated carbocycles. The van der Waals surface area contributed by atoms with Gasteiger partial charge in [0.1, 0.15) is 0 Å². The molecule has 2 N–H and O–H groups in total. The van der Waals surface area contributed by atoms with Crippen molar-refractivity contribution >= 4 is 27.6 Å². The molecule has 1 aromatic carbocycles. The molecule has 0 aliphatic heterocycles. The van der Waals surface area contributed by atoms with E-state index in [2.05, 4.69) is 27.2 Å². The van der Waals surface area contributed by atoms with E-state index in [0.717, 1.165) is 5.69 Å². The van der Waals surface area contributed by atoms with Gasteiger partial charge in [-0.05, 0) is 34.1 Å². The number of halogens is 1. The van der Waals surface area contributed by atoms with Crippen LogP contribution in [0.25, 0.3) is 0 Å². The van der Waals surface area contributed by atoms with Gasteiger partial charge >= 0.3 is 5.97 Å². The van der Waals surface area contributed by atoms with Gasteiger partial charge in [-0.2, -0.15) is 0 Å². The minimum absolute atomic E-state index is 0.248. The quantitative estimate of drug-likeness (QED) is 0.651. The van der Waals surface area contributed by atoms with Gasteiger partial charge in [0.15, 0.2) is 0 Å². The van der Waals surface area contributed by atoms with Crippen molar-refractivity contribution in [1.82, 2.24) is 0 Å². The van der Waals surface area contributed by atoms with Gasteiger partial charge in [0, 0.05) is 23.1 Å². The normalized spacial score (nSPS) is 9.33. The fourth-order valence-electron chi connectivity index (χ4n) is 1.08. The smallest absolute Gasteiger partial charge is 0.336 e. The van der Waals surface area contributed by atoms with Gasteiger partial charge < -0.3 is 10.4 Å². The Morgan fingerprint density at radius 1 is 1.60 bits per heavy atom. The third-order valence-corrected chi connectivity index (χ3v) is 2.45. The van der Waals surface area contributed by atoms with Crippen molar-refractivity contribution in [2.45, 2.75) is 6.42 Å². The summed E-state index contributed by atoms with van der Waals surface area (Å²) < 4.78 is 0.556. The zero-order chi connectivity index (χ0) is 11.3. The number of carbonyl (C=O) groups is 1. The van der Waals surface area contributed by atoms with Gasteiger partial charge in [-0.3, -0.25) is 0 Å². The molecule has 0 spiro atoms. The maximum Gasteiger partial charge on any atom is 0.336 e. The van der Waals surface area contributed by atoms with Crippen LogP contribution >= 0.6 is 15.9 Å². The number of aromatic carboxylic acids is 1. The highest BCUT2D eigenvalue weighted by atomic mass is 79.9. The van der Waals surface area contributed by atoms with Crippen LogP contribution < -0.4 is 5.32 Å². The zero-order valence-electron chi connectivity index (χ0n) is 7.96. The number of hydrogen-bond acceptors (Lipinski definition) is 2. The van der Waals surface area contributed by atoms with Gasteiger partial charge in [-0.15, -0.1) is 12.3 Å². The second-order valence-corrected chi connectivity index (χ2v) is 3.74. The Bertz CT molecular complexity index is 410. The fraction of sp³-hybridized carbons (Fsp3) is 0.182. The molecule has 0 amide bonds. The molecule has 4 heteroatoms. The summed E-state index contributed by atoms with van der Waals surface area (Å²) in [6.45, 7) is 0.676. The Balaban J connectivity index is 2.74. The van der Waals surface area contributed by atoms with Crippen LogP contribution in [-0.2, 0) is 0 Å². The standard InChI is InChI=1S/C11H10BrNO2/c1-2-3-6-13-8-4-5-9(11(14)15)10(12)7-8/h1,4-5,7,13H,3,6H2,(H,14,15). The highest BCUT2D eigenvalue weighted by molar-refractivity contribution is 9.10. The van der Waals surface area contributed by atoms with Crippen LogP contribution in [0, 0.1) is 12.3 Å². The lowest BCUT2D eigenvalue weighted by Crippen LogP contribution is -2.02. The molecule has 0 aliphatic carbocycles. The minimum Gasteiger partial charge on any atom is -0.478 e. The molecule has 78 valence electrons. The Morgan fingerprint density at radius 2 is 2.33 bits per heavy atom. The van der Waals surface area contributed by atoms with Crippen LogP contribution in [0.1, 0.15) is 16.8 Å². The van der Waals surface area contributed by atoms with E-state index < -0.39 is 5.97 Å². The summed E-state index contributed by atoms with van der Waals surface area (Å²) in [4.78, 5) is 10.7. The maximum absolute atomic E-state index is 10.7. The van der Waals surface area contributed by atoms with Crippen LogP contribution in [0.4, 0.5) is 5.69 Å². The highest BCUT2D eigenvalue weighted by Gasteiger charge is 2.07. The largest absolute Gasteiger partial charge is 0.478 e. The van der Waals surface area contributed by atoms with E-state index in [9.17, 15) is 4.79 Å². The van der Waals surface area contributed by atoms with Crippen molar-refractivity contribution < 1.29 is 9.90 Å². The zero-order valence-corrected chi connectivity index (χ0v) is 9.54. The van der Waals surface area contributed by atoms with Crippen LogP contribution in [0.5, 0.6) is 0 Å². The number of carboxylic acid groups (broad SMARTS) is 1. The maximum atomic E-state index is 10.7. The first-order chi connectivity index (χ1) is 7.15. The molecule has 1 aromatic rings. The molecular weight excluding hydrogens is 258 g/mol. The summed E-state index contributed by atoms with van der Waals surface area (Å²) >= 11 is 3.20. The second kappa shape index (κ2) is 5.42. The topological polar surface area (TPSA) is 49.3 Å². The van der Waals surface area contributed by atoms with Crippen molar-refractivity contribution in [2.75, 3.05) is 11.9 Å². The predicted octanol–water partition coefficient (Wildman–Crippen LogP) is 2.58. The first kappa shape index (κ1) is 11.6. The minimum atomic E-state index is -0.947. The lowest BCUT2D eigenvalue weighted by molar-refractivity contribution is 0.0696. The molecule has 0 bridgehead atoms. The number of terminal acetylenes is 1. The van der Waals surface area contributed by atoms with Crippen LogP contribution in [0.15, 0.2) is 22.7 Å². The molecule has 0 aromatic heterocycles. The number of anilines is 1. The third kappa shape index (κ3) is 3.30. The average Bonchev–Trinajstić information content (AvgIpc) is 2.17. The van der Waals surface area contributed by atoms with Gasteiger partial charge in [0.25, 0.3) is 0 Å². The van der Waals surface area contributed by atoms with E-state index in [1.54, 1.807) is 18.2 Å². The first-order valence-electron chi connectivity index (χ1n) is 4.35. The van der Waals surface area contributed by atoms with Gasteiger partial charge in [0.2, 0.25) is 0 Å². The predicted molar refractivity (Wildman–Crippen MR) is 63.0 cm³/mol. The number of benzene rings is 1. The van der Waals surface area contributed by atoms with E-state index in [4.69, 9.17) is 11.5 Å². The molecule has 15 heavy (non-hydrogen) atoms. The van der Waals surface area contributed by atoms with Crippen molar-refractivity contribution in [3.8, 4) is 12.3 Å². The van der Waals surface area contributed by atoms with Crippen molar-refractivity contribution in [2.24, 2.45) is 0 Å². The van der Waals surface area contributed by atoms with Gasteiger partial charge in [0.05, 0.1) is 5.56 Å². The molecule has 0 saturated heterocycles. The monoisotopic (exact) mass is 267 g/mol. The lowest BCUT2D eigenvalue weighted by Gasteiger charge is -2.06. The molecule has 0 aliphatic rings. The average molecular weight is 268 g/mol. The van der Waals surface area contributed by atoms with E-state index in [1.807, 2.05) is 0 Å². The molecule has 1 rings (SSSR count). The summed E-state index contributed by atoms with van der Waals surface area (Å²) in [6, 6.07) is 4.98. The second-order valence-electron chi connectivity index (χ2n) is 2.88. The molecular formula is C11H10BrNO2. The van der Waals surface area contributed by atoms with Crippen molar-refractivity contribution in [3.05, 3.63) is 28.2 Å². The number of hydrogen-bond donors (Lipinski definition) is 2.